The molecule has 0 radical (unpaired) electrons. The molecule has 2 aromatic carbocycles. The molecule has 0 spiro atoms. The maximum Gasteiger partial charge on any atom is 0.261 e. The molecule has 4 aromatic rings. The Hall–Kier alpha value is -4.44. The number of carbonyl (C=O) groups is 3. The third-order valence-corrected chi connectivity index (χ3v) is 6.64. The van der Waals surface area contributed by atoms with E-state index in [9.17, 15) is 14.4 Å². The van der Waals surface area contributed by atoms with Gasteiger partial charge in [0.2, 0.25) is 11.8 Å². The summed E-state index contributed by atoms with van der Waals surface area (Å²) >= 11 is 1.24. The summed E-state index contributed by atoms with van der Waals surface area (Å²) in [5.41, 5.74) is 0.616. The molecule has 0 saturated heterocycles. The topological polar surface area (TPSA) is 101 Å². The Morgan fingerprint density at radius 3 is 2.50 bits per heavy atom. The number of hydrogen-bond acceptors (Lipinski definition) is 6. The van der Waals surface area contributed by atoms with Crippen molar-refractivity contribution >= 4 is 29.1 Å². The number of thiophene rings is 1. The monoisotopic (exact) mass is 535 g/mol. The fourth-order valence-electron chi connectivity index (χ4n) is 3.92. The lowest BCUT2D eigenvalue weighted by atomic mass is 10.0. The zero-order valence-electron chi connectivity index (χ0n) is 20.6. The molecule has 3 amide bonds. The van der Waals surface area contributed by atoms with Gasteiger partial charge in [-0.15, -0.1) is 11.3 Å². The molecule has 2 aromatic heterocycles. The Balaban J connectivity index is 1.68. The third-order valence-electron chi connectivity index (χ3n) is 5.78. The summed E-state index contributed by atoms with van der Waals surface area (Å²) < 4.78 is 25.8. The molecule has 38 heavy (non-hydrogen) atoms. The van der Waals surface area contributed by atoms with Gasteiger partial charge < -0.3 is 24.7 Å². The summed E-state index contributed by atoms with van der Waals surface area (Å²) in [6, 6.07) is 18.2. The number of para-hydroxylation sites is 1. The third kappa shape index (κ3) is 6.46. The van der Waals surface area contributed by atoms with Crippen LogP contribution in [0.2, 0.25) is 0 Å². The molecule has 0 aliphatic heterocycles. The van der Waals surface area contributed by atoms with Gasteiger partial charge in [0.15, 0.2) is 0 Å². The summed E-state index contributed by atoms with van der Waals surface area (Å²) in [5, 5.41) is 7.09. The molecule has 0 fully saturated rings. The summed E-state index contributed by atoms with van der Waals surface area (Å²) in [4.78, 5) is 41.4. The minimum Gasteiger partial charge on any atom is -0.496 e. The summed E-state index contributed by atoms with van der Waals surface area (Å²) in [5.74, 6) is -1.27. The summed E-state index contributed by atoms with van der Waals surface area (Å²) in [7, 11) is 1.50. The summed E-state index contributed by atoms with van der Waals surface area (Å²) in [6.45, 7) is -0.435. The Morgan fingerprint density at radius 2 is 1.79 bits per heavy atom. The van der Waals surface area contributed by atoms with Gasteiger partial charge in [-0.3, -0.25) is 14.4 Å². The van der Waals surface area contributed by atoms with Gasteiger partial charge in [-0.1, -0.05) is 42.5 Å². The molecule has 0 saturated carbocycles. The van der Waals surface area contributed by atoms with Gasteiger partial charge in [-0.25, -0.2) is 4.39 Å². The van der Waals surface area contributed by atoms with E-state index in [1.807, 2.05) is 0 Å². The molecule has 8 nitrogen and oxygen atoms in total. The number of benzene rings is 2. The van der Waals surface area contributed by atoms with Crippen LogP contribution < -0.4 is 15.4 Å². The second-order valence-electron chi connectivity index (χ2n) is 8.21. The van der Waals surface area contributed by atoms with E-state index in [1.54, 1.807) is 60.0 Å². The standard InChI is InChI=1S/C28H26FN3O5S/c1-36-23-12-5-2-8-19(23)18-32(25(33)17-31-27(34)24-13-7-15-38-24)26(21-10-3-4-11-22(21)29)28(35)30-16-20-9-6-14-37-20/h2-15,26H,16-18H2,1H3,(H,30,35)(H,31,34)/t26-/m0/s1. The highest BCUT2D eigenvalue weighted by atomic mass is 32.1. The minimum absolute atomic E-state index is 0.0114. The van der Waals surface area contributed by atoms with Crippen molar-refractivity contribution in [2.45, 2.75) is 19.1 Å². The van der Waals surface area contributed by atoms with Crippen molar-refractivity contribution in [3.63, 3.8) is 0 Å². The van der Waals surface area contributed by atoms with Gasteiger partial charge in [-0.05, 0) is 35.7 Å². The number of furan rings is 1. The van der Waals surface area contributed by atoms with Crippen molar-refractivity contribution < 1.29 is 27.9 Å². The van der Waals surface area contributed by atoms with Crippen molar-refractivity contribution in [2.24, 2.45) is 0 Å². The molecule has 10 heteroatoms. The van der Waals surface area contributed by atoms with Crippen LogP contribution in [0.15, 0.2) is 88.9 Å². The van der Waals surface area contributed by atoms with E-state index in [0.29, 0.717) is 22.0 Å². The second-order valence-corrected chi connectivity index (χ2v) is 9.16. The lowest BCUT2D eigenvalue weighted by Gasteiger charge is -2.32. The highest BCUT2D eigenvalue weighted by Gasteiger charge is 2.34. The van der Waals surface area contributed by atoms with Crippen LogP contribution in [-0.4, -0.2) is 36.3 Å². The summed E-state index contributed by atoms with van der Waals surface area (Å²) in [6.07, 6.45) is 1.48. The normalized spacial score (nSPS) is 11.4. The van der Waals surface area contributed by atoms with Gasteiger partial charge in [0.05, 0.1) is 37.9 Å². The van der Waals surface area contributed by atoms with Crippen LogP contribution in [0.1, 0.15) is 32.6 Å². The number of methoxy groups -OCH3 is 1. The van der Waals surface area contributed by atoms with Crippen LogP contribution in [0.25, 0.3) is 0 Å². The van der Waals surface area contributed by atoms with Gasteiger partial charge >= 0.3 is 0 Å². The van der Waals surface area contributed by atoms with Crippen molar-refractivity contribution in [1.82, 2.24) is 15.5 Å². The number of halogens is 1. The number of ether oxygens (including phenoxy) is 1. The average molecular weight is 536 g/mol. The number of amides is 3. The molecule has 0 unspecified atom stereocenters. The predicted octanol–water partition coefficient (Wildman–Crippen LogP) is 4.31. The van der Waals surface area contributed by atoms with Gasteiger partial charge in [0, 0.05) is 11.1 Å². The highest BCUT2D eigenvalue weighted by Crippen LogP contribution is 2.29. The molecule has 0 bridgehead atoms. The maximum atomic E-state index is 15.1. The molecule has 0 aliphatic carbocycles. The Bertz CT molecular complexity index is 1370. The van der Waals surface area contributed by atoms with E-state index in [1.165, 1.54) is 47.8 Å². The predicted molar refractivity (Wildman–Crippen MR) is 140 cm³/mol. The number of hydrogen-bond donors (Lipinski definition) is 2. The number of nitrogens with one attached hydrogen (secondary N) is 2. The molecule has 2 N–H and O–H groups in total. The van der Waals surface area contributed by atoms with Crippen molar-refractivity contribution in [2.75, 3.05) is 13.7 Å². The first kappa shape index (κ1) is 26.6. The Kier molecular flexibility index (Phi) is 8.89. The maximum absolute atomic E-state index is 15.1. The molecular formula is C28H26FN3O5S. The number of rotatable bonds is 11. The van der Waals surface area contributed by atoms with Crippen LogP contribution in [0, 0.1) is 5.82 Å². The highest BCUT2D eigenvalue weighted by molar-refractivity contribution is 7.12. The number of carbonyl (C=O) groups excluding carboxylic acids is 3. The lowest BCUT2D eigenvalue weighted by Crippen LogP contribution is -2.47. The average Bonchev–Trinajstić information content (AvgIpc) is 3.66. The van der Waals surface area contributed by atoms with Crippen LogP contribution in [0.5, 0.6) is 5.75 Å². The van der Waals surface area contributed by atoms with E-state index in [4.69, 9.17) is 9.15 Å². The van der Waals surface area contributed by atoms with Crippen LogP contribution in [0.3, 0.4) is 0 Å². The smallest absolute Gasteiger partial charge is 0.261 e. The Morgan fingerprint density at radius 1 is 1.00 bits per heavy atom. The van der Waals surface area contributed by atoms with Crippen molar-refractivity contribution in [1.29, 1.82) is 0 Å². The van der Waals surface area contributed by atoms with Crippen LogP contribution in [0.4, 0.5) is 4.39 Å². The minimum atomic E-state index is -1.35. The molecule has 4 rings (SSSR count). The largest absolute Gasteiger partial charge is 0.496 e. The lowest BCUT2D eigenvalue weighted by molar-refractivity contribution is -0.141. The van der Waals surface area contributed by atoms with E-state index < -0.39 is 36.1 Å². The van der Waals surface area contributed by atoms with Gasteiger partial charge in [-0.2, -0.15) is 0 Å². The Labute approximate surface area is 223 Å². The second kappa shape index (κ2) is 12.7. The first-order valence-electron chi connectivity index (χ1n) is 11.8. The molecule has 1 atom stereocenters. The quantitative estimate of drug-likeness (QED) is 0.298. The first-order valence-corrected chi connectivity index (χ1v) is 12.6. The fourth-order valence-corrected chi connectivity index (χ4v) is 4.56. The van der Waals surface area contributed by atoms with Crippen LogP contribution in [-0.2, 0) is 22.7 Å². The van der Waals surface area contributed by atoms with Crippen LogP contribution >= 0.6 is 11.3 Å². The molecular weight excluding hydrogens is 509 g/mol. The zero-order chi connectivity index (χ0) is 26.9. The first-order chi connectivity index (χ1) is 18.5. The number of nitrogens with zero attached hydrogens (tertiary/aromatic N) is 1. The fraction of sp³-hybridized carbons (Fsp3) is 0.179. The molecule has 0 aliphatic rings. The van der Waals surface area contributed by atoms with Gasteiger partial charge in [0.1, 0.15) is 23.4 Å². The zero-order valence-corrected chi connectivity index (χ0v) is 21.4. The van der Waals surface area contributed by atoms with Gasteiger partial charge in [0.25, 0.3) is 5.91 Å². The van der Waals surface area contributed by atoms with E-state index in [-0.39, 0.29) is 18.7 Å². The molecule has 2 heterocycles. The van der Waals surface area contributed by atoms with Crippen molar-refractivity contribution in [3.8, 4) is 5.75 Å². The molecule has 196 valence electrons. The van der Waals surface area contributed by atoms with E-state index >= 15 is 4.39 Å². The SMILES string of the molecule is COc1ccccc1CN(C(=O)CNC(=O)c1cccs1)[C@H](C(=O)NCc1ccco1)c1ccccc1F. The van der Waals surface area contributed by atoms with E-state index in [0.717, 1.165) is 0 Å². The van der Waals surface area contributed by atoms with E-state index in [2.05, 4.69) is 10.6 Å². The van der Waals surface area contributed by atoms with Crippen molar-refractivity contribution in [3.05, 3.63) is 112 Å².